The lowest BCUT2D eigenvalue weighted by Gasteiger charge is -2.39. The van der Waals surface area contributed by atoms with Crippen LogP contribution in [0.2, 0.25) is 0 Å². The number of hydrogen-bond donors (Lipinski definition) is 1. The number of carbonyl (C=O) groups is 2. The van der Waals surface area contributed by atoms with Crippen LogP contribution in [0, 0.1) is 25.2 Å². The average molecular weight is 370 g/mol. The summed E-state index contributed by atoms with van der Waals surface area (Å²) in [5.74, 6) is -0.279. The van der Waals surface area contributed by atoms with E-state index in [1.165, 1.54) is 0 Å². The van der Waals surface area contributed by atoms with Gasteiger partial charge in [0.1, 0.15) is 5.54 Å². The van der Waals surface area contributed by atoms with Gasteiger partial charge in [0.15, 0.2) is 0 Å². The fourth-order valence-electron chi connectivity index (χ4n) is 3.73. The predicted molar refractivity (Wildman–Crippen MR) is 106 cm³/mol. The summed E-state index contributed by atoms with van der Waals surface area (Å²) in [5.41, 5.74) is 2.14. The third kappa shape index (κ3) is 5.08. The number of carbonyl (C=O) groups excluding carboxylic acids is 2. The molecule has 0 saturated heterocycles. The third-order valence-corrected chi connectivity index (χ3v) is 5.47. The lowest BCUT2D eigenvalue weighted by Crippen LogP contribution is -2.52. The second-order valence-electron chi connectivity index (χ2n) is 7.64. The molecule has 6 nitrogen and oxygen atoms in total. The van der Waals surface area contributed by atoms with Crippen LogP contribution in [0.4, 0.5) is 5.69 Å². The highest BCUT2D eigenvalue weighted by atomic mass is 16.2. The molecule has 0 bridgehead atoms. The molecule has 1 aromatic carbocycles. The van der Waals surface area contributed by atoms with Crippen LogP contribution in [0.1, 0.15) is 43.2 Å². The van der Waals surface area contributed by atoms with Crippen LogP contribution in [0.3, 0.4) is 0 Å². The van der Waals surface area contributed by atoms with Gasteiger partial charge in [0, 0.05) is 12.7 Å². The molecule has 0 radical (unpaired) electrons. The Bertz CT molecular complexity index is 712. The second-order valence-corrected chi connectivity index (χ2v) is 7.64. The van der Waals surface area contributed by atoms with Gasteiger partial charge in [-0.2, -0.15) is 5.26 Å². The highest BCUT2D eigenvalue weighted by Gasteiger charge is 2.38. The van der Waals surface area contributed by atoms with Gasteiger partial charge in [-0.05, 0) is 44.9 Å². The first-order chi connectivity index (χ1) is 12.8. The zero-order valence-electron chi connectivity index (χ0n) is 16.8. The summed E-state index contributed by atoms with van der Waals surface area (Å²) in [4.78, 5) is 28.3. The number of hydrogen-bond acceptors (Lipinski definition) is 4. The van der Waals surface area contributed by atoms with Crippen LogP contribution in [0.15, 0.2) is 18.2 Å². The number of anilines is 1. The molecule has 0 heterocycles. The van der Waals surface area contributed by atoms with Crippen LogP contribution in [0.25, 0.3) is 0 Å². The molecule has 0 aliphatic heterocycles. The van der Waals surface area contributed by atoms with Crippen molar-refractivity contribution < 1.29 is 9.59 Å². The molecule has 0 atom stereocenters. The van der Waals surface area contributed by atoms with Crippen LogP contribution in [-0.4, -0.2) is 54.3 Å². The maximum atomic E-state index is 12.7. The van der Waals surface area contributed by atoms with Crippen molar-refractivity contribution in [2.45, 2.75) is 51.5 Å². The standard InChI is InChI=1S/C21H30N4O2/c1-16-9-8-10-17(2)20(16)23-18(26)13-24(3)14-19(27)25(4)21(15-22)11-6-5-7-12-21/h8-10H,5-7,11-14H2,1-4H3,(H,23,26). The number of para-hydroxylation sites is 1. The summed E-state index contributed by atoms with van der Waals surface area (Å²) in [7, 11) is 3.46. The molecule has 0 aromatic heterocycles. The largest absolute Gasteiger partial charge is 0.326 e. The van der Waals surface area contributed by atoms with E-state index in [0.717, 1.165) is 48.9 Å². The Kier molecular flexibility index (Phi) is 6.98. The van der Waals surface area contributed by atoms with E-state index in [1.54, 1.807) is 23.9 Å². The Morgan fingerprint density at radius 1 is 1.11 bits per heavy atom. The average Bonchev–Trinajstić information content (AvgIpc) is 2.64. The SMILES string of the molecule is Cc1cccc(C)c1NC(=O)CN(C)CC(=O)N(C)C1(C#N)CCCCC1. The minimum atomic E-state index is -0.698. The Morgan fingerprint density at radius 2 is 1.70 bits per heavy atom. The van der Waals surface area contributed by atoms with E-state index in [9.17, 15) is 14.9 Å². The molecule has 1 saturated carbocycles. The van der Waals surface area contributed by atoms with Gasteiger partial charge in [-0.1, -0.05) is 37.5 Å². The Hall–Kier alpha value is -2.39. The fraction of sp³-hybridized carbons (Fsp3) is 0.571. The molecule has 0 unspecified atom stereocenters. The van der Waals surface area contributed by atoms with E-state index in [2.05, 4.69) is 11.4 Å². The lowest BCUT2D eigenvalue weighted by molar-refractivity contribution is -0.136. The second kappa shape index (κ2) is 9.01. The van der Waals surface area contributed by atoms with Crippen LogP contribution >= 0.6 is 0 Å². The molecule has 1 aliphatic carbocycles. The van der Waals surface area contributed by atoms with E-state index < -0.39 is 5.54 Å². The van der Waals surface area contributed by atoms with Gasteiger partial charge < -0.3 is 10.2 Å². The number of nitriles is 1. The molecule has 2 amide bonds. The van der Waals surface area contributed by atoms with Gasteiger partial charge in [-0.3, -0.25) is 14.5 Å². The van der Waals surface area contributed by atoms with E-state index in [1.807, 2.05) is 32.0 Å². The van der Waals surface area contributed by atoms with E-state index in [-0.39, 0.29) is 24.9 Å². The molecule has 2 rings (SSSR count). The number of amides is 2. The molecule has 27 heavy (non-hydrogen) atoms. The molecular weight excluding hydrogens is 340 g/mol. The lowest BCUT2D eigenvalue weighted by atomic mass is 9.81. The van der Waals surface area contributed by atoms with Crippen LogP contribution in [-0.2, 0) is 9.59 Å². The topological polar surface area (TPSA) is 76.4 Å². The van der Waals surface area contributed by atoms with Crippen LogP contribution in [0.5, 0.6) is 0 Å². The smallest absolute Gasteiger partial charge is 0.238 e. The summed E-state index contributed by atoms with van der Waals surface area (Å²) in [5, 5.41) is 12.6. The zero-order chi connectivity index (χ0) is 20.0. The van der Waals surface area contributed by atoms with Gasteiger partial charge in [0.05, 0.1) is 19.2 Å². The molecule has 1 N–H and O–H groups in total. The number of nitrogens with one attached hydrogen (secondary N) is 1. The summed E-state index contributed by atoms with van der Waals surface area (Å²) >= 11 is 0. The highest BCUT2D eigenvalue weighted by molar-refractivity contribution is 5.94. The fourth-order valence-corrected chi connectivity index (χ4v) is 3.73. The molecule has 146 valence electrons. The molecule has 6 heteroatoms. The first-order valence-corrected chi connectivity index (χ1v) is 9.51. The number of rotatable bonds is 6. The predicted octanol–water partition coefficient (Wildman–Crippen LogP) is 2.86. The van der Waals surface area contributed by atoms with Gasteiger partial charge >= 0.3 is 0 Å². The Morgan fingerprint density at radius 3 is 2.26 bits per heavy atom. The summed E-state index contributed by atoms with van der Waals surface area (Å²) in [6, 6.07) is 8.23. The summed E-state index contributed by atoms with van der Waals surface area (Å²) < 4.78 is 0. The molecule has 1 fully saturated rings. The maximum absolute atomic E-state index is 12.7. The highest BCUT2D eigenvalue weighted by Crippen LogP contribution is 2.32. The summed E-state index contributed by atoms with van der Waals surface area (Å²) in [6.07, 6.45) is 4.51. The van der Waals surface area contributed by atoms with Crippen molar-refractivity contribution in [2.24, 2.45) is 0 Å². The summed E-state index contributed by atoms with van der Waals surface area (Å²) in [6.45, 7) is 4.14. The van der Waals surface area contributed by atoms with Crippen molar-refractivity contribution in [3.05, 3.63) is 29.3 Å². The van der Waals surface area contributed by atoms with E-state index in [0.29, 0.717) is 0 Å². The molecule has 0 spiro atoms. The number of aryl methyl sites for hydroxylation is 2. The van der Waals surface area contributed by atoms with Crippen molar-refractivity contribution >= 4 is 17.5 Å². The molecular formula is C21H30N4O2. The molecule has 1 aliphatic rings. The van der Waals surface area contributed by atoms with E-state index >= 15 is 0 Å². The monoisotopic (exact) mass is 370 g/mol. The Labute approximate surface area is 162 Å². The quantitative estimate of drug-likeness (QED) is 0.835. The Balaban J connectivity index is 1.92. The van der Waals surface area contributed by atoms with Gasteiger partial charge in [0.2, 0.25) is 11.8 Å². The van der Waals surface area contributed by atoms with Crippen molar-refractivity contribution in [1.29, 1.82) is 5.26 Å². The maximum Gasteiger partial charge on any atom is 0.238 e. The number of likely N-dealkylation sites (N-methyl/N-ethyl adjacent to an activating group) is 2. The van der Waals surface area contributed by atoms with Gasteiger partial charge in [0.25, 0.3) is 0 Å². The van der Waals surface area contributed by atoms with Crippen LogP contribution < -0.4 is 5.32 Å². The minimum absolute atomic E-state index is 0.111. The zero-order valence-corrected chi connectivity index (χ0v) is 16.8. The number of nitrogens with zero attached hydrogens (tertiary/aromatic N) is 3. The van der Waals surface area contributed by atoms with Gasteiger partial charge in [-0.25, -0.2) is 0 Å². The van der Waals surface area contributed by atoms with Crippen molar-refractivity contribution in [3.63, 3.8) is 0 Å². The van der Waals surface area contributed by atoms with E-state index in [4.69, 9.17) is 0 Å². The molecule has 1 aromatic rings. The number of benzene rings is 1. The first-order valence-electron chi connectivity index (χ1n) is 9.51. The van der Waals surface area contributed by atoms with Crippen molar-refractivity contribution in [2.75, 3.05) is 32.5 Å². The normalized spacial score (nSPS) is 15.9. The van der Waals surface area contributed by atoms with Crippen molar-refractivity contribution in [3.8, 4) is 6.07 Å². The first kappa shape index (κ1) is 20.9. The van der Waals surface area contributed by atoms with Gasteiger partial charge in [-0.15, -0.1) is 0 Å². The van der Waals surface area contributed by atoms with Crippen molar-refractivity contribution in [1.82, 2.24) is 9.80 Å². The third-order valence-electron chi connectivity index (χ3n) is 5.47. The minimum Gasteiger partial charge on any atom is -0.326 e.